The maximum Gasteiger partial charge on any atom is 0.182 e. The molecular formula is C8H8N4OS. The van der Waals surface area contributed by atoms with Gasteiger partial charge >= 0.3 is 0 Å². The van der Waals surface area contributed by atoms with Gasteiger partial charge in [-0.1, -0.05) is 4.49 Å². The Hall–Kier alpha value is -1.56. The molecule has 0 aromatic carbocycles. The van der Waals surface area contributed by atoms with E-state index >= 15 is 0 Å². The highest BCUT2D eigenvalue weighted by Crippen LogP contribution is 2.07. The fourth-order valence-corrected chi connectivity index (χ4v) is 1.55. The number of carbonyl (C=O) groups excluding carboxylic acids is 1. The van der Waals surface area contributed by atoms with Crippen LogP contribution in [0.3, 0.4) is 0 Å². The molecular weight excluding hydrogens is 200 g/mol. The number of carbonyl (C=O) groups is 1. The second-order valence-electron chi connectivity index (χ2n) is 2.86. The number of ketones is 1. The molecule has 0 aliphatic heterocycles. The summed E-state index contributed by atoms with van der Waals surface area (Å²) in [6.45, 7) is 0. The molecule has 2 aromatic rings. The van der Waals surface area contributed by atoms with Crippen molar-refractivity contribution in [1.82, 2.24) is 19.4 Å². The first-order chi connectivity index (χ1) is 6.75. The first kappa shape index (κ1) is 9.01. The molecule has 14 heavy (non-hydrogen) atoms. The van der Waals surface area contributed by atoms with Crippen molar-refractivity contribution in [2.75, 3.05) is 0 Å². The average Bonchev–Trinajstić information content (AvgIpc) is 2.75. The van der Waals surface area contributed by atoms with Gasteiger partial charge in [-0.2, -0.15) is 5.10 Å². The van der Waals surface area contributed by atoms with Gasteiger partial charge in [0.1, 0.15) is 4.88 Å². The second kappa shape index (κ2) is 3.67. The Bertz CT molecular complexity index is 434. The lowest BCUT2D eigenvalue weighted by Gasteiger charge is -1.92. The van der Waals surface area contributed by atoms with E-state index in [2.05, 4.69) is 14.7 Å². The molecule has 0 amide bonds. The third kappa shape index (κ3) is 1.85. The molecule has 0 atom stereocenters. The minimum atomic E-state index is 0.0127. The summed E-state index contributed by atoms with van der Waals surface area (Å²) in [5.41, 5.74) is 0.769. The minimum Gasteiger partial charge on any atom is -0.293 e. The lowest BCUT2D eigenvalue weighted by molar-refractivity contribution is 0.0995. The van der Waals surface area contributed by atoms with Crippen molar-refractivity contribution in [3.05, 3.63) is 29.0 Å². The van der Waals surface area contributed by atoms with Gasteiger partial charge in [0, 0.05) is 13.2 Å². The first-order valence-corrected chi connectivity index (χ1v) is 4.82. The number of aromatic nitrogens is 4. The Morgan fingerprint density at radius 3 is 3.07 bits per heavy atom. The Morgan fingerprint density at radius 1 is 1.64 bits per heavy atom. The molecule has 0 bridgehead atoms. The van der Waals surface area contributed by atoms with Gasteiger partial charge in [0.25, 0.3) is 0 Å². The molecule has 2 heterocycles. The quantitative estimate of drug-likeness (QED) is 0.696. The minimum absolute atomic E-state index is 0.0127. The molecule has 0 radical (unpaired) electrons. The van der Waals surface area contributed by atoms with E-state index in [1.165, 1.54) is 6.20 Å². The van der Waals surface area contributed by atoms with Crippen LogP contribution in [0.2, 0.25) is 0 Å². The number of hydrogen-bond donors (Lipinski definition) is 0. The molecule has 0 N–H and O–H groups in total. The fraction of sp³-hybridized carbons (Fsp3) is 0.250. The fourth-order valence-electron chi connectivity index (χ4n) is 1.10. The van der Waals surface area contributed by atoms with Crippen molar-refractivity contribution in [2.45, 2.75) is 6.42 Å². The summed E-state index contributed by atoms with van der Waals surface area (Å²) in [7, 11) is 1.82. The van der Waals surface area contributed by atoms with E-state index in [-0.39, 0.29) is 5.78 Å². The molecule has 0 aliphatic carbocycles. The van der Waals surface area contributed by atoms with E-state index in [4.69, 9.17) is 0 Å². The summed E-state index contributed by atoms with van der Waals surface area (Å²) in [5.74, 6) is 0.0127. The molecule has 0 fully saturated rings. The molecule has 5 nitrogen and oxygen atoms in total. The highest BCUT2D eigenvalue weighted by Gasteiger charge is 2.10. The van der Waals surface area contributed by atoms with Crippen LogP contribution in [0, 0.1) is 0 Å². The summed E-state index contributed by atoms with van der Waals surface area (Å²) in [6, 6.07) is 1.83. The molecule has 0 unspecified atom stereocenters. The van der Waals surface area contributed by atoms with Crippen LogP contribution in [-0.4, -0.2) is 25.2 Å². The predicted octanol–water partition coefficient (Wildman–Crippen LogP) is 0.697. The van der Waals surface area contributed by atoms with Crippen LogP contribution in [0.25, 0.3) is 0 Å². The summed E-state index contributed by atoms with van der Waals surface area (Å²) < 4.78 is 5.31. The normalized spacial score (nSPS) is 10.4. The van der Waals surface area contributed by atoms with Crippen LogP contribution in [0.4, 0.5) is 0 Å². The summed E-state index contributed by atoms with van der Waals surface area (Å²) in [5, 5.41) is 7.73. The van der Waals surface area contributed by atoms with Gasteiger partial charge in [-0.3, -0.25) is 9.48 Å². The van der Waals surface area contributed by atoms with Crippen molar-refractivity contribution in [3.63, 3.8) is 0 Å². The maximum absolute atomic E-state index is 11.6. The van der Waals surface area contributed by atoms with Crippen LogP contribution in [-0.2, 0) is 13.5 Å². The van der Waals surface area contributed by atoms with Crippen LogP contribution < -0.4 is 0 Å². The zero-order valence-corrected chi connectivity index (χ0v) is 8.36. The number of hydrogen-bond acceptors (Lipinski definition) is 5. The topological polar surface area (TPSA) is 60.7 Å². The third-order valence-electron chi connectivity index (χ3n) is 1.75. The summed E-state index contributed by atoms with van der Waals surface area (Å²) in [4.78, 5) is 12.1. The van der Waals surface area contributed by atoms with E-state index in [1.807, 2.05) is 19.3 Å². The van der Waals surface area contributed by atoms with E-state index in [1.54, 1.807) is 4.68 Å². The number of nitrogens with zero attached hydrogens (tertiary/aromatic N) is 4. The van der Waals surface area contributed by atoms with Gasteiger partial charge in [0.2, 0.25) is 0 Å². The third-order valence-corrected chi connectivity index (χ3v) is 2.45. The lowest BCUT2D eigenvalue weighted by Crippen LogP contribution is -2.02. The smallest absolute Gasteiger partial charge is 0.182 e. The van der Waals surface area contributed by atoms with E-state index < -0.39 is 0 Å². The Balaban J connectivity index is 2.09. The van der Waals surface area contributed by atoms with Gasteiger partial charge in [0.05, 0.1) is 18.3 Å². The van der Waals surface area contributed by atoms with Crippen LogP contribution in [0.5, 0.6) is 0 Å². The monoisotopic (exact) mass is 208 g/mol. The molecule has 6 heteroatoms. The summed E-state index contributed by atoms with van der Waals surface area (Å²) >= 11 is 1.11. The van der Waals surface area contributed by atoms with Crippen LogP contribution in [0.1, 0.15) is 15.4 Å². The molecule has 0 saturated heterocycles. The average molecular weight is 208 g/mol. The lowest BCUT2D eigenvalue weighted by atomic mass is 10.2. The molecule has 0 saturated carbocycles. The highest BCUT2D eigenvalue weighted by molar-refractivity contribution is 7.07. The summed E-state index contributed by atoms with van der Waals surface area (Å²) in [6.07, 6.45) is 3.61. The molecule has 0 spiro atoms. The van der Waals surface area contributed by atoms with Crippen molar-refractivity contribution in [3.8, 4) is 0 Å². The van der Waals surface area contributed by atoms with Gasteiger partial charge in [-0.05, 0) is 17.6 Å². The van der Waals surface area contributed by atoms with E-state index in [9.17, 15) is 4.79 Å². The van der Waals surface area contributed by atoms with Crippen molar-refractivity contribution < 1.29 is 4.79 Å². The number of aryl methyl sites for hydroxylation is 1. The zero-order chi connectivity index (χ0) is 9.97. The van der Waals surface area contributed by atoms with Gasteiger partial charge in [-0.25, -0.2) is 0 Å². The van der Waals surface area contributed by atoms with E-state index in [0.29, 0.717) is 11.3 Å². The number of rotatable bonds is 3. The SMILES string of the molecule is Cn1ccc(CC(=O)c2cnns2)n1. The standard InChI is InChI=1S/C8H8N4OS/c1-12-3-2-6(10-12)4-7(13)8-5-9-11-14-8/h2-3,5H,4H2,1H3. The van der Waals surface area contributed by atoms with Crippen molar-refractivity contribution in [1.29, 1.82) is 0 Å². The van der Waals surface area contributed by atoms with E-state index in [0.717, 1.165) is 17.2 Å². The molecule has 72 valence electrons. The van der Waals surface area contributed by atoms with Crippen molar-refractivity contribution >= 4 is 17.3 Å². The molecule has 0 aliphatic rings. The van der Waals surface area contributed by atoms with Gasteiger partial charge < -0.3 is 0 Å². The van der Waals surface area contributed by atoms with Crippen LogP contribution in [0.15, 0.2) is 18.5 Å². The van der Waals surface area contributed by atoms with Gasteiger partial charge in [-0.15, -0.1) is 5.10 Å². The Kier molecular flexibility index (Phi) is 2.36. The Morgan fingerprint density at radius 2 is 2.50 bits per heavy atom. The largest absolute Gasteiger partial charge is 0.293 e. The van der Waals surface area contributed by atoms with Crippen LogP contribution >= 0.6 is 11.5 Å². The predicted molar refractivity (Wildman–Crippen MR) is 51.2 cm³/mol. The maximum atomic E-state index is 11.6. The highest BCUT2D eigenvalue weighted by atomic mass is 32.1. The second-order valence-corrected chi connectivity index (χ2v) is 3.65. The van der Waals surface area contributed by atoms with Gasteiger partial charge in [0.15, 0.2) is 5.78 Å². The molecule has 2 rings (SSSR count). The molecule has 2 aromatic heterocycles. The number of Topliss-reactive ketones (excluding diaryl/α,β-unsaturated/α-hetero) is 1. The zero-order valence-electron chi connectivity index (χ0n) is 7.54. The first-order valence-electron chi connectivity index (χ1n) is 4.05. The Labute approximate surface area is 84.5 Å². The van der Waals surface area contributed by atoms with Crippen molar-refractivity contribution in [2.24, 2.45) is 7.05 Å².